The molecule has 2 aromatic rings. The largest absolute Gasteiger partial charge is 0.294 e. The molecule has 0 aliphatic rings. The molecule has 0 aliphatic heterocycles. The molecule has 0 radical (unpaired) electrons. The van der Waals surface area contributed by atoms with E-state index in [0.717, 1.165) is 24.3 Å². The second-order valence-electron chi connectivity index (χ2n) is 3.86. The highest BCUT2D eigenvalue weighted by atomic mass is 35.5. The molecule has 0 bridgehead atoms. The van der Waals surface area contributed by atoms with Gasteiger partial charge in [-0.15, -0.1) is 0 Å². The molecule has 2 N–H and O–H groups in total. The first-order valence-corrected chi connectivity index (χ1v) is 8.72. The van der Waals surface area contributed by atoms with E-state index in [2.05, 4.69) is 0 Å². The summed E-state index contributed by atoms with van der Waals surface area (Å²) in [5.74, 6) is -0.544. The molecule has 0 aliphatic carbocycles. The van der Waals surface area contributed by atoms with Gasteiger partial charge in [0.2, 0.25) is 0 Å². The fraction of sp³-hybridized carbons (Fsp3) is 0. The number of benzene rings is 2. The Bertz CT molecular complexity index is 757. The molecule has 0 aromatic heterocycles. The molecular formula is C12H10ClFO6S2. The van der Waals surface area contributed by atoms with Crippen LogP contribution in [-0.4, -0.2) is 25.9 Å². The number of halogens is 2. The maximum atomic E-state index is 12.2. The zero-order valence-electron chi connectivity index (χ0n) is 10.7. The van der Waals surface area contributed by atoms with E-state index < -0.39 is 26.1 Å². The first-order valence-electron chi connectivity index (χ1n) is 5.46. The van der Waals surface area contributed by atoms with Gasteiger partial charge in [0.15, 0.2) is 0 Å². The SMILES string of the molecule is O=S(=O)(O)c1ccc(Cl)cc1.O=S(=O)(O)c1ccc(F)cc1. The first-order chi connectivity index (χ1) is 10.00. The highest BCUT2D eigenvalue weighted by Crippen LogP contribution is 2.13. The summed E-state index contributed by atoms with van der Waals surface area (Å²) in [6.45, 7) is 0. The smallest absolute Gasteiger partial charge is 0.282 e. The molecule has 0 fully saturated rings. The summed E-state index contributed by atoms with van der Waals surface area (Å²) < 4.78 is 70.8. The molecule has 6 nitrogen and oxygen atoms in total. The minimum Gasteiger partial charge on any atom is -0.282 e. The van der Waals surface area contributed by atoms with Crippen LogP contribution < -0.4 is 0 Å². The molecule has 0 saturated carbocycles. The molecule has 2 aromatic carbocycles. The molecule has 0 spiro atoms. The molecular weight excluding hydrogens is 359 g/mol. The third-order valence-corrected chi connectivity index (χ3v) is 4.21. The van der Waals surface area contributed by atoms with Gasteiger partial charge in [0.1, 0.15) is 5.82 Å². The van der Waals surface area contributed by atoms with E-state index >= 15 is 0 Å². The number of hydrogen-bond acceptors (Lipinski definition) is 4. The summed E-state index contributed by atoms with van der Waals surface area (Å²) in [6, 6.07) is 9.16. The van der Waals surface area contributed by atoms with Crippen molar-refractivity contribution in [1.29, 1.82) is 0 Å². The summed E-state index contributed by atoms with van der Waals surface area (Å²) >= 11 is 5.49. The molecule has 0 amide bonds. The lowest BCUT2D eigenvalue weighted by molar-refractivity contribution is 0.480. The van der Waals surface area contributed by atoms with Crippen molar-refractivity contribution in [3.63, 3.8) is 0 Å². The summed E-state index contributed by atoms with van der Waals surface area (Å²) in [6.07, 6.45) is 0. The maximum Gasteiger partial charge on any atom is 0.294 e. The van der Waals surface area contributed by atoms with E-state index in [1.54, 1.807) is 0 Å². The van der Waals surface area contributed by atoms with Crippen molar-refractivity contribution >= 4 is 31.8 Å². The van der Waals surface area contributed by atoms with Crippen molar-refractivity contribution in [2.75, 3.05) is 0 Å². The maximum absolute atomic E-state index is 12.2. The van der Waals surface area contributed by atoms with Crippen LogP contribution in [0.5, 0.6) is 0 Å². The molecule has 2 rings (SSSR count). The Balaban J connectivity index is 0.000000220. The Morgan fingerprint density at radius 2 is 1.05 bits per heavy atom. The summed E-state index contributed by atoms with van der Waals surface area (Å²) in [5, 5.41) is 0.428. The number of rotatable bonds is 2. The van der Waals surface area contributed by atoms with Gasteiger partial charge < -0.3 is 0 Å². The predicted octanol–water partition coefficient (Wildman–Crippen LogP) is 2.66. The van der Waals surface area contributed by atoms with Gasteiger partial charge in [0.25, 0.3) is 20.2 Å². The molecule has 0 saturated heterocycles. The lowest BCUT2D eigenvalue weighted by Gasteiger charge is -1.94. The third-order valence-electron chi connectivity index (χ3n) is 2.22. The Kier molecular flexibility index (Phi) is 6.03. The fourth-order valence-corrected chi connectivity index (χ4v) is 2.30. The molecule has 22 heavy (non-hydrogen) atoms. The summed E-state index contributed by atoms with van der Waals surface area (Å²) in [7, 11) is -8.26. The Morgan fingerprint density at radius 1 is 0.727 bits per heavy atom. The Hall–Kier alpha value is -1.52. The van der Waals surface area contributed by atoms with E-state index in [9.17, 15) is 21.2 Å². The van der Waals surface area contributed by atoms with Crippen molar-refractivity contribution in [3.05, 3.63) is 59.4 Å². The van der Waals surface area contributed by atoms with E-state index in [4.69, 9.17) is 20.7 Å². The Morgan fingerprint density at radius 3 is 1.36 bits per heavy atom. The number of hydrogen-bond donors (Lipinski definition) is 2. The van der Waals surface area contributed by atoms with Crippen LogP contribution in [0.15, 0.2) is 58.3 Å². The van der Waals surface area contributed by atoms with Crippen LogP contribution in [0.25, 0.3) is 0 Å². The van der Waals surface area contributed by atoms with Crippen molar-refractivity contribution < 1.29 is 30.3 Å². The fourth-order valence-electron chi connectivity index (χ4n) is 1.21. The van der Waals surface area contributed by atoms with Gasteiger partial charge in [-0.2, -0.15) is 16.8 Å². The van der Waals surface area contributed by atoms with Crippen LogP contribution >= 0.6 is 11.6 Å². The molecule has 0 unspecified atom stereocenters. The minimum absolute atomic E-state index is 0.151. The molecule has 120 valence electrons. The Labute approximate surface area is 131 Å². The van der Waals surface area contributed by atoms with Gasteiger partial charge in [-0.05, 0) is 48.5 Å². The third kappa shape index (κ3) is 6.08. The zero-order chi connectivity index (χ0) is 17.0. The van der Waals surface area contributed by atoms with Gasteiger partial charge in [-0.25, -0.2) is 4.39 Å². The van der Waals surface area contributed by atoms with E-state index in [1.165, 1.54) is 24.3 Å². The second kappa shape index (κ2) is 7.16. The van der Waals surface area contributed by atoms with E-state index in [-0.39, 0.29) is 9.79 Å². The normalized spacial score (nSPS) is 11.5. The van der Waals surface area contributed by atoms with Crippen LogP contribution in [0.3, 0.4) is 0 Å². The highest BCUT2D eigenvalue weighted by molar-refractivity contribution is 7.86. The lowest BCUT2D eigenvalue weighted by Crippen LogP contribution is -1.97. The van der Waals surface area contributed by atoms with Crippen molar-refractivity contribution in [2.24, 2.45) is 0 Å². The van der Waals surface area contributed by atoms with Crippen LogP contribution in [0.2, 0.25) is 5.02 Å². The van der Waals surface area contributed by atoms with Crippen molar-refractivity contribution in [3.8, 4) is 0 Å². The van der Waals surface area contributed by atoms with E-state index in [0.29, 0.717) is 5.02 Å². The quantitative estimate of drug-likeness (QED) is 0.789. The van der Waals surface area contributed by atoms with Crippen molar-refractivity contribution in [2.45, 2.75) is 9.79 Å². The molecule has 10 heteroatoms. The van der Waals surface area contributed by atoms with Crippen LogP contribution in [0.4, 0.5) is 4.39 Å². The predicted molar refractivity (Wildman–Crippen MR) is 77.5 cm³/mol. The average molecular weight is 369 g/mol. The van der Waals surface area contributed by atoms with Gasteiger partial charge in [0, 0.05) is 5.02 Å². The highest BCUT2D eigenvalue weighted by Gasteiger charge is 2.08. The summed E-state index contributed by atoms with van der Waals surface area (Å²) in [5.41, 5.74) is 0. The van der Waals surface area contributed by atoms with Gasteiger partial charge in [0.05, 0.1) is 9.79 Å². The monoisotopic (exact) mass is 368 g/mol. The zero-order valence-corrected chi connectivity index (χ0v) is 13.1. The van der Waals surface area contributed by atoms with Crippen LogP contribution in [0.1, 0.15) is 0 Å². The van der Waals surface area contributed by atoms with E-state index in [1.807, 2.05) is 0 Å². The summed E-state index contributed by atoms with van der Waals surface area (Å²) in [4.78, 5) is -0.458. The molecule has 0 heterocycles. The van der Waals surface area contributed by atoms with Crippen LogP contribution in [0, 0.1) is 5.82 Å². The van der Waals surface area contributed by atoms with Crippen molar-refractivity contribution in [1.82, 2.24) is 0 Å². The van der Waals surface area contributed by atoms with Gasteiger partial charge >= 0.3 is 0 Å². The second-order valence-corrected chi connectivity index (χ2v) is 7.14. The van der Waals surface area contributed by atoms with Gasteiger partial charge in [-0.3, -0.25) is 9.11 Å². The standard InChI is InChI=1S/C6H5ClO3S.C6H5FO3S/c2*7-5-1-3-6(4-2-5)11(8,9)10/h2*1-4H,(H,8,9,10). The lowest BCUT2D eigenvalue weighted by atomic mass is 10.4. The molecule has 0 atom stereocenters. The van der Waals surface area contributed by atoms with Crippen LogP contribution in [-0.2, 0) is 20.2 Å². The first kappa shape index (κ1) is 18.5. The minimum atomic E-state index is -4.19. The topological polar surface area (TPSA) is 109 Å². The average Bonchev–Trinajstić information content (AvgIpc) is 2.38. The van der Waals surface area contributed by atoms with Gasteiger partial charge in [-0.1, -0.05) is 11.6 Å².